The van der Waals surface area contributed by atoms with Gasteiger partial charge in [0.2, 0.25) is 0 Å². The average molecular weight is 323 g/mol. The lowest BCUT2D eigenvalue weighted by Gasteiger charge is -2.10. The van der Waals surface area contributed by atoms with Crippen molar-refractivity contribution in [3.63, 3.8) is 0 Å². The molecule has 22 heavy (non-hydrogen) atoms. The number of pyridine rings is 1. The summed E-state index contributed by atoms with van der Waals surface area (Å²) in [6.45, 7) is 0. The summed E-state index contributed by atoms with van der Waals surface area (Å²) in [6.07, 6.45) is 0. The highest BCUT2D eigenvalue weighted by Gasteiger charge is 2.08. The van der Waals surface area contributed by atoms with Gasteiger partial charge in [-0.05, 0) is 34.0 Å². The van der Waals surface area contributed by atoms with Gasteiger partial charge in [-0.2, -0.15) is 23.5 Å². The van der Waals surface area contributed by atoms with Crippen LogP contribution in [0.1, 0.15) is 22.5 Å². The lowest BCUT2D eigenvalue weighted by Crippen LogP contribution is -1.92. The molecule has 3 aromatic rings. The molecule has 0 fully saturated rings. The van der Waals surface area contributed by atoms with E-state index in [0.29, 0.717) is 0 Å². The predicted octanol–water partition coefficient (Wildman–Crippen LogP) is 5.42. The largest absolute Gasteiger partial charge is 0.256 e. The van der Waals surface area contributed by atoms with Crippen molar-refractivity contribution in [3.8, 4) is 0 Å². The highest BCUT2D eigenvalue weighted by Crippen LogP contribution is 2.30. The summed E-state index contributed by atoms with van der Waals surface area (Å²) in [5.74, 6) is 4.04. The van der Waals surface area contributed by atoms with E-state index in [1.807, 2.05) is 23.5 Å². The zero-order valence-corrected chi connectivity index (χ0v) is 13.9. The Kier molecular flexibility index (Phi) is 4.09. The summed E-state index contributed by atoms with van der Waals surface area (Å²) < 4.78 is 0. The van der Waals surface area contributed by atoms with Gasteiger partial charge in [0.15, 0.2) is 0 Å². The van der Waals surface area contributed by atoms with Crippen molar-refractivity contribution in [3.05, 3.63) is 77.1 Å². The van der Waals surface area contributed by atoms with Gasteiger partial charge in [0, 0.05) is 23.0 Å². The number of rotatable bonds is 0. The molecule has 0 atom stereocenters. The highest BCUT2D eigenvalue weighted by atomic mass is 32.2. The molecule has 2 aliphatic heterocycles. The molecule has 0 aliphatic carbocycles. The molecule has 1 nitrogen and oxygen atoms in total. The minimum Gasteiger partial charge on any atom is -0.256 e. The first kappa shape index (κ1) is 14.2. The third kappa shape index (κ3) is 2.88. The summed E-state index contributed by atoms with van der Waals surface area (Å²) in [5, 5.41) is 2.82. The molecule has 3 heterocycles. The maximum atomic E-state index is 4.78. The van der Waals surface area contributed by atoms with Gasteiger partial charge in [-0.15, -0.1) is 0 Å². The molecule has 110 valence electrons. The van der Waals surface area contributed by atoms with Gasteiger partial charge in [-0.25, -0.2) is 0 Å². The van der Waals surface area contributed by atoms with E-state index in [4.69, 9.17) is 4.98 Å². The zero-order valence-electron chi connectivity index (χ0n) is 12.3. The fourth-order valence-electron chi connectivity index (χ4n) is 2.90. The molecule has 1 aromatic heterocycles. The van der Waals surface area contributed by atoms with Crippen LogP contribution in [0.3, 0.4) is 0 Å². The van der Waals surface area contributed by atoms with Crippen LogP contribution in [0.15, 0.2) is 54.6 Å². The first-order valence-electron chi connectivity index (χ1n) is 7.50. The summed E-state index contributed by atoms with van der Waals surface area (Å²) in [4.78, 5) is 4.78. The van der Waals surface area contributed by atoms with E-state index in [1.165, 1.54) is 33.3 Å². The summed E-state index contributed by atoms with van der Waals surface area (Å²) >= 11 is 3.90. The first-order chi connectivity index (χ1) is 10.9. The Morgan fingerprint density at radius 1 is 0.591 bits per heavy atom. The number of aromatic nitrogens is 1. The summed E-state index contributed by atoms with van der Waals surface area (Å²) in [5.41, 5.74) is 5.26. The van der Waals surface area contributed by atoms with Crippen molar-refractivity contribution < 1.29 is 0 Å². The molecule has 0 saturated heterocycles. The third-order valence-electron chi connectivity index (χ3n) is 3.98. The molecule has 3 heteroatoms. The Morgan fingerprint density at radius 3 is 1.68 bits per heavy atom. The van der Waals surface area contributed by atoms with Crippen LogP contribution in [0.25, 0.3) is 10.8 Å². The number of hydrogen-bond donors (Lipinski definition) is 0. The highest BCUT2D eigenvalue weighted by molar-refractivity contribution is 7.98. The van der Waals surface area contributed by atoms with Crippen molar-refractivity contribution >= 4 is 34.3 Å². The van der Waals surface area contributed by atoms with Gasteiger partial charge in [-0.1, -0.05) is 42.5 Å². The second-order valence-corrected chi connectivity index (χ2v) is 7.51. The van der Waals surface area contributed by atoms with Crippen LogP contribution in [0.5, 0.6) is 0 Å². The number of hydrogen-bond acceptors (Lipinski definition) is 3. The smallest absolute Gasteiger partial charge is 0.0506 e. The van der Waals surface area contributed by atoms with Crippen LogP contribution in [0, 0.1) is 0 Å². The van der Waals surface area contributed by atoms with Gasteiger partial charge in [0.25, 0.3) is 0 Å². The van der Waals surface area contributed by atoms with Gasteiger partial charge < -0.3 is 0 Å². The van der Waals surface area contributed by atoms with Crippen molar-refractivity contribution in [2.45, 2.75) is 23.0 Å². The van der Waals surface area contributed by atoms with E-state index in [9.17, 15) is 0 Å². The van der Waals surface area contributed by atoms with Gasteiger partial charge in [-0.3, -0.25) is 4.98 Å². The predicted molar refractivity (Wildman–Crippen MR) is 98.2 cm³/mol. The van der Waals surface area contributed by atoms with Crippen molar-refractivity contribution in [2.75, 3.05) is 0 Å². The Balaban J connectivity index is 1.76. The Labute approximate surface area is 139 Å². The molecule has 2 aliphatic rings. The fourth-order valence-corrected chi connectivity index (χ4v) is 4.78. The van der Waals surface area contributed by atoms with Crippen LogP contribution in [-0.2, 0) is 23.0 Å². The SMILES string of the molecule is c1cc2nc(c1)CSCc1ccc(c3ccccc13)CSC2. The van der Waals surface area contributed by atoms with E-state index in [-0.39, 0.29) is 0 Å². The summed E-state index contributed by atoms with van der Waals surface area (Å²) in [6, 6.07) is 19.9. The quantitative estimate of drug-likeness (QED) is 0.548. The average Bonchev–Trinajstić information content (AvgIpc) is 2.58. The lowest BCUT2D eigenvalue weighted by molar-refractivity contribution is 1.09. The molecular formula is C19H17NS2. The minimum atomic E-state index is 0.981. The molecule has 0 spiro atoms. The van der Waals surface area contributed by atoms with Gasteiger partial charge >= 0.3 is 0 Å². The van der Waals surface area contributed by atoms with Crippen molar-refractivity contribution in [1.82, 2.24) is 4.98 Å². The Bertz CT molecular complexity index is 750. The van der Waals surface area contributed by atoms with E-state index in [2.05, 4.69) is 54.6 Å². The zero-order chi connectivity index (χ0) is 14.8. The molecule has 0 unspecified atom stereocenters. The van der Waals surface area contributed by atoms with Gasteiger partial charge in [0.05, 0.1) is 11.4 Å². The molecule has 4 bridgehead atoms. The number of nitrogens with zero attached hydrogens (tertiary/aromatic N) is 1. The van der Waals surface area contributed by atoms with Crippen LogP contribution in [-0.4, -0.2) is 4.98 Å². The topological polar surface area (TPSA) is 12.9 Å². The number of fused-ring (bicyclic) bond motifs is 5. The molecule has 0 radical (unpaired) electrons. The van der Waals surface area contributed by atoms with Crippen molar-refractivity contribution in [2.24, 2.45) is 0 Å². The van der Waals surface area contributed by atoms with E-state index < -0.39 is 0 Å². The van der Waals surface area contributed by atoms with Crippen LogP contribution in [0.2, 0.25) is 0 Å². The molecule has 2 aromatic carbocycles. The summed E-state index contributed by atoms with van der Waals surface area (Å²) in [7, 11) is 0. The lowest BCUT2D eigenvalue weighted by atomic mass is 10.0. The normalized spacial score (nSPS) is 15.1. The van der Waals surface area contributed by atoms with Crippen LogP contribution < -0.4 is 0 Å². The second kappa shape index (κ2) is 6.35. The monoisotopic (exact) mass is 323 g/mol. The fraction of sp³-hybridized carbons (Fsp3) is 0.211. The third-order valence-corrected chi connectivity index (χ3v) is 6.01. The first-order valence-corrected chi connectivity index (χ1v) is 9.81. The van der Waals surface area contributed by atoms with Crippen molar-refractivity contribution in [1.29, 1.82) is 0 Å². The molecule has 5 rings (SSSR count). The van der Waals surface area contributed by atoms with Crippen LogP contribution in [0.4, 0.5) is 0 Å². The standard InChI is InChI=1S/C19H17NS2/c1-2-7-19-15-9-8-14(18(19)6-1)10-21-12-16-4-3-5-17(20-16)13-22-11-15/h1-9H,10-13H2. The Hall–Kier alpha value is -1.45. The minimum absolute atomic E-state index is 0.981. The molecule has 0 amide bonds. The molecule has 0 N–H and O–H groups in total. The van der Waals surface area contributed by atoms with Gasteiger partial charge in [0.1, 0.15) is 0 Å². The molecular weight excluding hydrogens is 306 g/mol. The maximum Gasteiger partial charge on any atom is 0.0506 e. The molecule has 0 saturated carbocycles. The van der Waals surface area contributed by atoms with Crippen LogP contribution >= 0.6 is 23.5 Å². The maximum absolute atomic E-state index is 4.78. The van der Waals surface area contributed by atoms with E-state index in [0.717, 1.165) is 23.0 Å². The second-order valence-electron chi connectivity index (χ2n) is 5.54. The Morgan fingerprint density at radius 2 is 1.14 bits per heavy atom. The number of thioether (sulfide) groups is 2. The van der Waals surface area contributed by atoms with E-state index >= 15 is 0 Å². The van der Waals surface area contributed by atoms with E-state index in [1.54, 1.807) is 0 Å². The number of benzene rings is 2.